The van der Waals surface area contributed by atoms with Gasteiger partial charge < -0.3 is 14.8 Å². The van der Waals surface area contributed by atoms with Gasteiger partial charge in [-0.05, 0) is 41.3 Å². The zero-order valence-corrected chi connectivity index (χ0v) is 14.9. The van der Waals surface area contributed by atoms with Crippen LogP contribution in [0.4, 0.5) is 0 Å². The van der Waals surface area contributed by atoms with Crippen LogP contribution in [0.5, 0.6) is 11.5 Å². The van der Waals surface area contributed by atoms with Gasteiger partial charge in [0.2, 0.25) is 12.7 Å². The number of carbonyl (C=O) groups is 1. The van der Waals surface area contributed by atoms with Gasteiger partial charge in [-0.15, -0.1) is 0 Å². The first-order valence-electron chi connectivity index (χ1n) is 8.97. The highest BCUT2D eigenvalue weighted by molar-refractivity contribution is 5.76. The molecular formula is C21H21N3O3. The van der Waals surface area contributed by atoms with Crippen LogP contribution in [0.2, 0.25) is 0 Å². The number of carbonyl (C=O) groups excluding carboxylic acids is 1. The van der Waals surface area contributed by atoms with Crippen molar-refractivity contribution in [1.29, 1.82) is 0 Å². The lowest BCUT2D eigenvalue weighted by Crippen LogP contribution is -2.23. The first kappa shape index (κ1) is 17.1. The lowest BCUT2D eigenvalue weighted by molar-refractivity contribution is -0.121. The molecule has 0 aliphatic carbocycles. The highest BCUT2D eigenvalue weighted by atomic mass is 16.7. The Morgan fingerprint density at radius 1 is 1.07 bits per heavy atom. The maximum Gasteiger partial charge on any atom is 0.231 e. The summed E-state index contributed by atoms with van der Waals surface area (Å²) in [6.45, 7) is 1.46. The molecule has 0 fully saturated rings. The number of aryl methyl sites for hydroxylation is 1. The largest absolute Gasteiger partial charge is 0.454 e. The second-order valence-electron chi connectivity index (χ2n) is 6.44. The number of hydrogen-bond donors (Lipinski definition) is 1. The Labute approximate surface area is 157 Å². The second kappa shape index (κ2) is 7.95. The molecule has 3 aromatic rings. The van der Waals surface area contributed by atoms with Gasteiger partial charge in [-0.2, -0.15) is 5.10 Å². The van der Waals surface area contributed by atoms with E-state index in [2.05, 4.69) is 16.5 Å². The minimum Gasteiger partial charge on any atom is -0.454 e. The normalized spacial score (nSPS) is 12.1. The maximum absolute atomic E-state index is 12.3. The van der Waals surface area contributed by atoms with Crippen LogP contribution in [0.1, 0.15) is 23.1 Å². The van der Waals surface area contributed by atoms with Gasteiger partial charge in [0.15, 0.2) is 11.5 Å². The Hall–Kier alpha value is -3.28. The van der Waals surface area contributed by atoms with Crippen LogP contribution in [0, 0.1) is 0 Å². The summed E-state index contributed by atoms with van der Waals surface area (Å²) in [5.41, 5.74) is 3.31. The van der Waals surface area contributed by atoms with E-state index < -0.39 is 0 Å². The van der Waals surface area contributed by atoms with Crippen molar-refractivity contribution in [2.24, 2.45) is 0 Å². The van der Waals surface area contributed by atoms with E-state index in [1.165, 1.54) is 0 Å². The van der Waals surface area contributed by atoms with E-state index >= 15 is 0 Å². The van der Waals surface area contributed by atoms with Crippen molar-refractivity contribution in [2.45, 2.75) is 25.9 Å². The van der Waals surface area contributed by atoms with Crippen molar-refractivity contribution in [3.8, 4) is 11.5 Å². The fourth-order valence-electron chi connectivity index (χ4n) is 3.09. The molecule has 6 heteroatoms. The molecule has 0 saturated carbocycles. The van der Waals surface area contributed by atoms with Crippen molar-refractivity contribution in [3.05, 3.63) is 77.6 Å². The van der Waals surface area contributed by atoms with Gasteiger partial charge in [0.05, 0.1) is 6.54 Å². The van der Waals surface area contributed by atoms with Crippen molar-refractivity contribution in [1.82, 2.24) is 15.1 Å². The molecule has 1 aromatic heterocycles. The molecule has 0 radical (unpaired) electrons. The highest BCUT2D eigenvalue weighted by Gasteiger charge is 2.13. The second-order valence-corrected chi connectivity index (χ2v) is 6.44. The number of nitrogens with one attached hydrogen (secondary N) is 1. The predicted octanol–water partition coefficient (Wildman–Crippen LogP) is 2.91. The maximum atomic E-state index is 12.3. The lowest BCUT2D eigenvalue weighted by Gasteiger charge is -2.11. The molecule has 6 nitrogen and oxygen atoms in total. The van der Waals surface area contributed by atoms with E-state index in [0.717, 1.165) is 28.2 Å². The molecule has 0 atom stereocenters. The highest BCUT2D eigenvalue weighted by Crippen LogP contribution is 2.32. The zero-order valence-electron chi connectivity index (χ0n) is 14.9. The molecule has 0 unspecified atom stereocenters. The number of ether oxygens (including phenoxy) is 2. The summed E-state index contributed by atoms with van der Waals surface area (Å²) >= 11 is 0. The first-order chi connectivity index (χ1) is 13.3. The average molecular weight is 363 g/mol. The third kappa shape index (κ3) is 4.28. The molecule has 2 aromatic carbocycles. The summed E-state index contributed by atoms with van der Waals surface area (Å²) in [6.07, 6.45) is 4.79. The summed E-state index contributed by atoms with van der Waals surface area (Å²) in [7, 11) is 0. The molecule has 27 heavy (non-hydrogen) atoms. The first-order valence-corrected chi connectivity index (χ1v) is 8.97. The molecule has 1 aliphatic rings. The lowest BCUT2D eigenvalue weighted by atomic mass is 10.1. The Balaban J connectivity index is 1.30. The molecule has 0 bridgehead atoms. The number of fused-ring (bicyclic) bond motifs is 1. The van der Waals surface area contributed by atoms with Gasteiger partial charge in [0.25, 0.3) is 0 Å². The number of aromatic nitrogens is 2. The Kier molecular flexibility index (Phi) is 5.05. The average Bonchev–Trinajstić information content (AvgIpc) is 3.37. The van der Waals surface area contributed by atoms with E-state index in [1.807, 2.05) is 53.3 Å². The fourth-order valence-corrected chi connectivity index (χ4v) is 3.09. The Morgan fingerprint density at radius 2 is 1.93 bits per heavy atom. The van der Waals surface area contributed by atoms with E-state index in [0.29, 0.717) is 25.9 Å². The van der Waals surface area contributed by atoms with E-state index in [-0.39, 0.29) is 12.7 Å². The molecule has 4 rings (SSSR count). The molecule has 0 spiro atoms. The molecule has 1 N–H and O–H groups in total. The van der Waals surface area contributed by atoms with Gasteiger partial charge in [-0.1, -0.05) is 30.3 Å². The minimum atomic E-state index is 0.0292. The van der Waals surface area contributed by atoms with Gasteiger partial charge in [-0.3, -0.25) is 9.48 Å². The third-order valence-corrected chi connectivity index (χ3v) is 4.56. The number of nitrogens with zero attached hydrogens (tertiary/aromatic N) is 2. The number of hydrogen-bond acceptors (Lipinski definition) is 4. The molecule has 1 amide bonds. The van der Waals surface area contributed by atoms with Gasteiger partial charge in [0, 0.05) is 25.4 Å². The van der Waals surface area contributed by atoms with Crippen LogP contribution in [-0.4, -0.2) is 22.5 Å². The van der Waals surface area contributed by atoms with Gasteiger partial charge >= 0.3 is 0 Å². The van der Waals surface area contributed by atoms with Crippen LogP contribution in [0.3, 0.4) is 0 Å². The predicted molar refractivity (Wildman–Crippen MR) is 101 cm³/mol. The van der Waals surface area contributed by atoms with Crippen molar-refractivity contribution in [3.63, 3.8) is 0 Å². The van der Waals surface area contributed by atoms with Gasteiger partial charge in [0.1, 0.15) is 0 Å². The number of rotatable bonds is 7. The third-order valence-electron chi connectivity index (χ3n) is 4.56. The molecule has 0 saturated heterocycles. The molecule has 2 heterocycles. The van der Waals surface area contributed by atoms with Crippen LogP contribution in [0.15, 0.2) is 60.9 Å². The number of amides is 1. The quantitative estimate of drug-likeness (QED) is 0.701. The van der Waals surface area contributed by atoms with Crippen LogP contribution in [0.25, 0.3) is 0 Å². The van der Waals surface area contributed by atoms with Crippen LogP contribution in [-0.2, 0) is 24.3 Å². The topological polar surface area (TPSA) is 65.4 Å². The van der Waals surface area contributed by atoms with Crippen LogP contribution < -0.4 is 14.8 Å². The van der Waals surface area contributed by atoms with Gasteiger partial charge in [-0.25, -0.2) is 0 Å². The number of benzene rings is 2. The standard InChI is InChI=1S/C21H21N3O3/c25-21(9-7-16-6-8-19-20(12-16)27-15-26-19)22-13-17-4-1-2-5-18(17)14-24-11-3-10-23-24/h1-6,8,10-12H,7,9,13-15H2,(H,22,25). The minimum absolute atomic E-state index is 0.0292. The summed E-state index contributed by atoms with van der Waals surface area (Å²) in [6, 6.07) is 15.8. The van der Waals surface area contributed by atoms with E-state index in [1.54, 1.807) is 6.20 Å². The van der Waals surface area contributed by atoms with Crippen molar-refractivity contribution in [2.75, 3.05) is 6.79 Å². The smallest absolute Gasteiger partial charge is 0.231 e. The zero-order chi connectivity index (χ0) is 18.5. The van der Waals surface area contributed by atoms with E-state index in [4.69, 9.17) is 9.47 Å². The van der Waals surface area contributed by atoms with Crippen LogP contribution >= 0.6 is 0 Å². The molecule has 1 aliphatic heterocycles. The summed E-state index contributed by atoms with van der Waals surface area (Å²) in [5.74, 6) is 1.54. The summed E-state index contributed by atoms with van der Waals surface area (Å²) in [4.78, 5) is 12.3. The van der Waals surface area contributed by atoms with E-state index in [9.17, 15) is 4.79 Å². The monoisotopic (exact) mass is 363 g/mol. The molecular weight excluding hydrogens is 342 g/mol. The summed E-state index contributed by atoms with van der Waals surface area (Å²) in [5, 5.41) is 7.26. The van der Waals surface area contributed by atoms with Crippen molar-refractivity contribution >= 4 is 5.91 Å². The van der Waals surface area contributed by atoms with Crippen molar-refractivity contribution < 1.29 is 14.3 Å². The Morgan fingerprint density at radius 3 is 2.78 bits per heavy atom. The fraction of sp³-hybridized carbons (Fsp3) is 0.238. The SMILES string of the molecule is O=C(CCc1ccc2c(c1)OCO2)NCc1ccccc1Cn1cccn1. The summed E-state index contributed by atoms with van der Waals surface area (Å²) < 4.78 is 12.6. The Bertz CT molecular complexity index is 922. The molecule has 138 valence electrons.